The number of nitrogens with one attached hydrogen (secondary N) is 2. The first-order valence-electron chi connectivity index (χ1n) is 8.79. The van der Waals surface area contributed by atoms with Gasteiger partial charge in [-0.25, -0.2) is 0 Å². The van der Waals surface area contributed by atoms with E-state index < -0.39 is 0 Å². The highest BCUT2D eigenvalue weighted by Gasteiger charge is 2.03. The minimum absolute atomic E-state index is 0.405. The first-order chi connectivity index (χ1) is 13.8. The number of anilines is 3. The molecule has 7 heteroatoms. The Morgan fingerprint density at radius 3 is 2.39 bits per heavy atom. The summed E-state index contributed by atoms with van der Waals surface area (Å²) in [4.78, 5) is 8.69. The van der Waals surface area contributed by atoms with Crippen LogP contribution in [0.4, 0.5) is 17.5 Å². The van der Waals surface area contributed by atoms with Crippen LogP contribution in [0.5, 0.6) is 11.5 Å². The molecule has 2 N–H and O–H groups in total. The highest BCUT2D eigenvalue weighted by atomic mass is 16.5. The normalized spacial score (nSPS) is 10.3. The molecule has 0 saturated heterocycles. The molecule has 0 saturated carbocycles. The van der Waals surface area contributed by atoms with Crippen molar-refractivity contribution < 1.29 is 4.74 Å². The Labute approximate surface area is 162 Å². The van der Waals surface area contributed by atoms with E-state index in [1.54, 1.807) is 12.4 Å². The Morgan fingerprint density at radius 1 is 0.821 bits per heavy atom. The van der Waals surface area contributed by atoms with Gasteiger partial charge in [0.2, 0.25) is 5.95 Å². The molecule has 0 radical (unpaired) electrons. The molecule has 0 unspecified atom stereocenters. The van der Waals surface area contributed by atoms with Crippen LogP contribution in [-0.4, -0.2) is 20.2 Å². The molecule has 0 bridgehead atoms. The van der Waals surface area contributed by atoms with Crippen molar-refractivity contribution in [3.63, 3.8) is 0 Å². The van der Waals surface area contributed by atoms with E-state index in [9.17, 15) is 0 Å². The lowest BCUT2D eigenvalue weighted by molar-refractivity contribution is 0.483. The van der Waals surface area contributed by atoms with Gasteiger partial charge in [-0.2, -0.15) is 10.1 Å². The first kappa shape index (κ1) is 17.4. The number of hydrogen-bond acceptors (Lipinski definition) is 7. The van der Waals surface area contributed by atoms with Gasteiger partial charge < -0.3 is 15.4 Å². The highest BCUT2D eigenvalue weighted by molar-refractivity contribution is 5.55. The van der Waals surface area contributed by atoms with E-state index in [0.717, 1.165) is 22.9 Å². The molecule has 138 valence electrons. The maximum absolute atomic E-state index is 5.79. The summed E-state index contributed by atoms with van der Waals surface area (Å²) in [5.74, 6) is 2.57. The van der Waals surface area contributed by atoms with Crippen LogP contribution in [0.2, 0.25) is 0 Å². The summed E-state index contributed by atoms with van der Waals surface area (Å²) in [6, 6.07) is 23.0. The van der Waals surface area contributed by atoms with Crippen molar-refractivity contribution in [3.8, 4) is 11.5 Å². The zero-order chi connectivity index (χ0) is 19.0. The summed E-state index contributed by atoms with van der Waals surface area (Å²) in [6.07, 6.45) is 3.33. The number of benzene rings is 2. The molecule has 0 aliphatic carbocycles. The van der Waals surface area contributed by atoms with Crippen LogP contribution in [0, 0.1) is 0 Å². The van der Waals surface area contributed by atoms with E-state index in [0.29, 0.717) is 18.3 Å². The second-order valence-electron chi connectivity index (χ2n) is 5.90. The van der Waals surface area contributed by atoms with Crippen molar-refractivity contribution in [2.45, 2.75) is 6.54 Å². The molecule has 0 aliphatic rings. The van der Waals surface area contributed by atoms with Crippen molar-refractivity contribution in [3.05, 3.63) is 90.9 Å². The molecule has 2 heterocycles. The Kier molecular flexibility index (Phi) is 5.34. The van der Waals surface area contributed by atoms with E-state index in [1.165, 1.54) is 0 Å². The first-order valence-corrected chi connectivity index (χ1v) is 8.79. The van der Waals surface area contributed by atoms with Gasteiger partial charge in [-0.3, -0.25) is 4.98 Å². The molecule has 0 fully saturated rings. The average Bonchev–Trinajstić information content (AvgIpc) is 2.76. The minimum Gasteiger partial charge on any atom is -0.457 e. The fourth-order valence-corrected chi connectivity index (χ4v) is 2.49. The van der Waals surface area contributed by atoms with Gasteiger partial charge in [0.05, 0.1) is 18.4 Å². The Balaban J connectivity index is 1.37. The number of nitrogens with zero attached hydrogens (tertiary/aromatic N) is 4. The molecule has 0 amide bonds. The SMILES string of the molecule is c1ccc(Oc2ccc(Nc3nncc(NCc4ccccn4)n3)cc2)cc1. The largest absolute Gasteiger partial charge is 0.457 e. The van der Waals surface area contributed by atoms with Crippen molar-refractivity contribution in [2.75, 3.05) is 10.6 Å². The molecule has 28 heavy (non-hydrogen) atoms. The smallest absolute Gasteiger partial charge is 0.249 e. The van der Waals surface area contributed by atoms with Gasteiger partial charge in [0.25, 0.3) is 0 Å². The van der Waals surface area contributed by atoms with Gasteiger partial charge in [0.1, 0.15) is 11.5 Å². The molecule has 2 aromatic heterocycles. The predicted molar refractivity (Wildman–Crippen MR) is 108 cm³/mol. The molecule has 0 spiro atoms. The van der Waals surface area contributed by atoms with E-state index in [1.807, 2.05) is 72.8 Å². The summed E-state index contributed by atoms with van der Waals surface area (Å²) < 4.78 is 5.79. The van der Waals surface area contributed by atoms with Gasteiger partial charge >= 0.3 is 0 Å². The van der Waals surface area contributed by atoms with Crippen LogP contribution in [0.15, 0.2) is 85.2 Å². The Bertz CT molecular complexity index is 1010. The molecule has 4 aromatic rings. The Hall–Kier alpha value is -4.00. The lowest BCUT2D eigenvalue weighted by Crippen LogP contribution is -2.06. The number of aromatic nitrogens is 4. The third kappa shape index (κ3) is 4.79. The summed E-state index contributed by atoms with van der Waals surface area (Å²) >= 11 is 0. The van der Waals surface area contributed by atoms with E-state index >= 15 is 0 Å². The van der Waals surface area contributed by atoms with E-state index in [-0.39, 0.29) is 0 Å². The third-order valence-electron chi connectivity index (χ3n) is 3.82. The number of rotatable bonds is 7. The van der Waals surface area contributed by atoms with Crippen LogP contribution in [0.25, 0.3) is 0 Å². The van der Waals surface area contributed by atoms with Crippen LogP contribution in [0.1, 0.15) is 5.69 Å². The minimum atomic E-state index is 0.405. The van der Waals surface area contributed by atoms with E-state index in [4.69, 9.17) is 4.74 Å². The zero-order valence-electron chi connectivity index (χ0n) is 15.0. The van der Waals surface area contributed by atoms with Crippen LogP contribution in [-0.2, 0) is 6.54 Å². The molecule has 7 nitrogen and oxygen atoms in total. The number of para-hydroxylation sites is 1. The quantitative estimate of drug-likeness (QED) is 0.498. The van der Waals surface area contributed by atoms with Gasteiger partial charge in [-0.1, -0.05) is 24.3 Å². The molecular weight excluding hydrogens is 352 g/mol. The standard InChI is InChI=1S/C21H18N6O/c1-2-7-18(8-3-1)28-19-11-9-16(10-12-19)25-21-26-20(15-24-27-21)23-14-17-6-4-5-13-22-17/h1-13,15H,14H2,(H2,23,25,26,27). The van der Waals surface area contributed by atoms with Crippen molar-refractivity contribution in [2.24, 2.45) is 0 Å². The number of hydrogen-bond donors (Lipinski definition) is 2. The van der Waals surface area contributed by atoms with Gasteiger partial charge in [-0.05, 0) is 48.5 Å². The third-order valence-corrected chi connectivity index (χ3v) is 3.82. The number of pyridine rings is 1. The highest BCUT2D eigenvalue weighted by Crippen LogP contribution is 2.23. The van der Waals surface area contributed by atoms with E-state index in [2.05, 4.69) is 30.8 Å². The lowest BCUT2D eigenvalue weighted by atomic mass is 10.3. The topological polar surface area (TPSA) is 84.9 Å². The molecular formula is C21H18N6O. The van der Waals surface area contributed by atoms with Gasteiger partial charge in [0, 0.05) is 11.9 Å². The van der Waals surface area contributed by atoms with Gasteiger partial charge in [0.15, 0.2) is 5.82 Å². The Morgan fingerprint density at radius 2 is 1.61 bits per heavy atom. The van der Waals surface area contributed by atoms with Gasteiger partial charge in [-0.15, -0.1) is 5.10 Å². The lowest BCUT2D eigenvalue weighted by Gasteiger charge is -2.09. The summed E-state index contributed by atoms with van der Waals surface area (Å²) in [6.45, 7) is 0.560. The second kappa shape index (κ2) is 8.59. The molecule has 0 aliphatic heterocycles. The predicted octanol–water partition coefficient (Wildman–Crippen LogP) is 4.41. The van der Waals surface area contributed by atoms with Crippen LogP contribution >= 0.6 is 0 Å². The molecule has 0 atom stereocenters. The maximum atomic E-state index is 5.79. The van der Waals surface area contributed by atoms with Crippen LogP contribution < -0.4 is 15.4 Å². The van der Waals surface area contributed by atoms with Crippen LogP contribution in [0.3, 0.4) is 0 Å². The second-order valence-corrected chi connectivity index (χ2v) is 5.90. The zero-order valence-corrected chi connectivity index (χ0v) is 15.0. The summed E-state index contributed by atoms with van der Waals surface area (Å²) in [5, 5.41) is 14.3. The van der Waals surface area contributed by atoms with Crippen molar-refractivity contribution in [1.82, 2.24) is 20.2 Å². The summed E-state index contributed by atoms with van der Waals surface area (Å²) in [5.41, 5.74) is 1.76. The summed E-state index contributed by atoms with van der Waals surface area (Å²) in [7, 11) is 0. The average molecular weight is 370 g/mol. The maximum Gasteiger partial charge on any atom is 0.249 e. The molecule has 2 aromatic carbocycles. The molecule has 4 rings (SSSR count). The monoisotopic (exact) mass is 370 g/mol. The number of ether oxygens (including phenoxy) is 1. The fraction of sp³-hybridized carbons (Fsp3) is 0.0476. The van der Waals surface area contributed by atoms with Crippen molar-refractivity contribution >= 4 is 17.5 Å². The fourth-order valence-electron chi connectivity index (χ4n) is 2.49. The van der Waals surface area contributed by atoms with Crippen molar-refractivity contribution in [1.29, 1.82) is 0 Å².